The van der Waals surface area contributed by atoms with Crippen LogP contribution in [-0.2, 0) is 6.42 Å². The molecule has 0 fully saturated rings. The summed E-state index contributed by atoms with van der Waals surface area (Å²) in [6.07, 6.45) is 8.11. The molecule has 0 radical (unpaired) electrons. The molecule has 0 aromatic heterocycles. The van der Waals surface area contributed by atoms with Gasteiger partial charge in [0.05, 0.1) is 0 Å². The number of aryl methyl sites for hydroxylation is 3. The van der Waals surface area contributed by atoms with Crippen LogP contribution in [0.1, 0.15) is 57.7 Å². The average molecular weight is 462 g/mol. The fraction of sp³-hybridized carbons (Fsp3) is 0.419. The zero-order valence-electron chi connectivity index (χ0n) is 22.7. The first-order valence-electron chi connectivity index (χ1n) is 12.7. The number of nitrogens with two attached hydrogens (primary N) is 1. The normalized spacial score (nSPS) is 12.6. The van der Waals surface area contributed by atoms with Crippen LogP contribution in [-0.4, -0.2) is 19.6 Å². The Morgan fingerprint density at radius 3 is 2.29 bits per heavy atom. The van der Waals surface area contributed by atoms with Crippen LogP contribution in [0.5, 0.6) is 0 Å². The van der Waals surface area contributed by atoms with Crippen molar-refractivity contribution in [2.75, 3.05) is 35.2 Å². The van der Waals surface area contributed by atoms with Gasteiger partial charge < -0.3 is 15.5 Å². The van der Waals surface area contributed by atoms with Gasteiger partial charge in [-0.1, -0.05) is 64.6 Å². The van der Waals surface area contributed by atoms with Crippen molar-refractivity contribution in [3.8, 4) is 0 Å². The van der Waals surface area contributed by atoms with Crippen LogP contribution in [0.3, 0.4) is 0 Å². The van der Waals surface area contributed by atoms with Gasteiger partial charge in [0.1, 0.15) is 0 Å². The summed E-state index contributed by atoms with van der Waals surface area (Å²) in [5.41, 5.74) is 14.5. The number of anilines is 3. The highest BCUT2D eigenvalue weighted by Gasteiger charge is 2.17. The highest BCUT2D eigenvalue weighted by molar-refractivity contribution is 5.66. The Bertz CT molecular complexity index is 922. The highest BCUT2D eigenvalue weighted by atomic mass is 15.1. The number of hydrogen-bond acceptors (Lipinski definition) is 3. The van der Waals surface area contributed by atoms with Crippen molar-refractivity contribution in [1.29, 1.82) is 0 Å². The second kappa shape index (κ2) is 15.1. The molecule has 3 rings (SSSR count). The Labute approximate surface area is 209 Å². The van der Waals surface area contributed by atoms with Crippen LogP contribution >= 0.6 is 0 Å². The van der Waals surface area contributed by atoms with Crippen LogP contribution in [0.15, 0.2) is 73.5 Å². The summed E-state index contributed by atoms with van der Waals surface area (Å²) in [6.45, 7) is 25.8. The molecule has 3 heteroatoms. The minimum absolute atomic E-state index is 0.583. The first-order chi connectivity index (χ1) is 16.3. The predicted octanol–water partition coefficient (Wildman–Crippen LogP) is 8.09. The Balaban J connectivity index is 0.000000324. The Kier molecular flexibility index (Phi) is 12.9. The van der Waals surface area contributed by atoms with Gasteiger partial charge in [-0.2, -0.15) is 0 Å². The zero-order valence-corrected chi connectivity index (χ0v) is 22.7. The molecular formula is C31H47N3. The number of benzene rings is 2. The summed E-state index contributed by atoms with van der Waals surface area (Å²) >= 11 is 0. The van der Waals surface area contributed by atoms with E-state index in [1.807, 2.05) is 26.0 Å². The second-order valence-corrected chi connectivity index (χ2v) is 8.90. The lowest BCUT2D eigenvalue weighted by Gasteiger charge is -2.32. The van der Waals surface area contributed by atoms with E-state index < -0.39 is 0 Å². The summed E-state index contributed by atoms with van der Waals surface area (Å²) in [5.74, 6) is 0.583. The molecule has 0 spiro atoms. The molecule has 0 atom stereocenters. The van der Waals surface area contributed by atoms with Crippen molar-refractivity contribution < 1.29 is 0 Å². The van der Waals surface area contributed by atoms with Gasteiger partial charge >= 0.3 is 0 Å². The number of fused-ring (bicyclic) bond motifs is 1. The van der Waals surface area contributed by atoms with Crippen LogP contribution in [0.25, 0.3) is 0 Å². The van der Waals surface area contributed by atoms with Crippen LogP contribution < -0.4 is 15.5 Å². The van der Waals surface area contributed by atoms with Gasteiger partial charge in [0.15, 0.2) is 0 Å². The standard InChI is InChI=1S/C17H23N.C12H18N2.C2H6/c1-6-8-16(7-2)18(13-14(3)4)17-11-9-15(5)10-12-17;1-3-14-6-4-5-10-8-11(13)7-9(2)12(10)14;1-2/h6-12,14H,1-2,13H2,3-5H3;7-8H,3-6,13H2,1-2H3;1-2H3/b16-8+;;. The van der Waals surface area contributed by atoms with E-state index >= 15 is 0 Å². The quantitative estimate of drug-likeness (QED) is 0.334. The van der Waals surface area contributed by atoms with E-state index in [-0.39, 0.29) is 0 Å². The minimum atomic E-state index is 0.583. The first-order valence-corrected chi connectivity index (χ1v) is 12.7. The topological polar surface area (TPSA) is 32.5 Å². The van der Waals surface area contributed by atoms with Crippen molar-refractivity contribution in [3.05, 3.63) is 90.2 Å². The third kappa shape index (κ3) is 8.44. The van der Waals surface area contributed by atoms with Crippen LogP contribution in [0, 0.1) is 19.8 Å². The van der Waals surface area contributed by atoms with Crippen molar-refractivity contribution in [1.82, 2.24) is 0 Å². The van der Waals surface area contributed by atoms with Crippen molar-refractivity contribution in [2.24, 2.45) is 5.92 Å². The SMILES string of the molecule is C=C/C=C(\C=C)N(CC(C)C)c1ccc(C)cc1.CC.CCN1CCCc2cc(N)cc(C)c21. The fourth-order valence-electron chi connectivity index (χ4n) is 4.25. The molecule has 0 unspecified atom stereocenters. The molecule has 34 heavy (non-hydrogen) atoms. The van der Waals surface area contributed by atoms with Crippen LogP contribution in [0.4, 0.5) is 17.1 Å². The lowest BCUT2D eigenvalue weighted by molar-refractivity contribution is 0.643. The smallest absolute Gasteiger partial charge is 0.0429 e. The van der Waals surface area contributed by atoms with Gasteiger partial charge in [-0.25, -0.2) is 0 Å². The molecule has 1 aliphatic rings. The molecule has 0 bridgehead atoms. The Hall–Kier alpha value is -2.94. The number of hydrogen-bond donors (Lipinski definition) is 1. The molecule has 1 heterocycles. The molecule has 0 amide bonds. The summed E-state index contributed by atoms with van der Waals surface area (Å²) in [5, 5.41) is 0. The maximum atomic E-state index is 5.85. The summed E-state index contributed by atoms with van der Waals surface area (Å²) in [7, 11) is 0. The molecule has 1 aliphatic heterocycles. The van der Waals surface area contributed by atoms with E-state index in [9.17, 15) is 0 Å². The molecule has 0 saturated carbocycles. The second-order valence-electron chi connectivity index (χ2n) is 8.90. The summed E-state index contributed by atoms with van der Waals surface area (Å²) in [6, 6.07) is 12.8. The number of allylic oxidation sites excluding steroid dienone is 3. The average Bonchev–Trinajstić information content (AvgIpc) is 2.82. The lowest BCUT2D eigenvalue weighted by atomic mass is 9.97. The molecule has 2 N–H and O–H groups in total. The predicted molar refractivity (Wildman–Crippen MR) is 155 cm³/mol. The van der Waals surface area contributed by atoms with Crippen LogP contribution in [0.2, 0.25) is 0 Å². The van der Waals surface area contributed by atoms with Gasteiger partial charge in [0.2, 0.25) is 0 Å². The first kappa shape index (κ1) is 29.1. The van der Waals surface area contributed by atoms with Gasteiger partial charge in [0.25, 0.3) is 0 Å². The van der Waals surface area contributed by atoms with Gasteiger partial charge in [-0.15, -0.1) is 0 Å². The Morgan fingerprint density at radius 1 is 1.12 bits per heavy atom. The van der Waals surface area contributed by atoms with E-state index in [2.05, 4.69) is 94.0 Å². The van der Waals surface area contributed by atoms with E-state index in [1.165, 1.54) is 47.5 Å². The largest absolute Gasteiger partial charge is 0.399 e. The van der Waals surface area contributed by atoms with E-state index in [0.29, 0.717) is 5.92 Å². The minimum Gasteiger partial charge on any atom is -0.399 e. The molecule has 2 aromatic carbocycles. The van der Waals surface area contributed by atoms with E-state index in [0.717, 1.165) is 24.5 Å². The third-order valence-electron chi connectivity index (χ3n) is 5.68. The van der Waals surface area contributed by atoms with Crippen molar-refractivity contribution in [2.45, 2.75) is 61.3 Å². The molecule has 3 nitrogen and oxygen atoms in total. The maximum absolute atomic E-state index is 5.85. The van der Waals surface area contributed by atoms with E-state index in [4.69, 9.17) is 5.73 Å². The van der Waals surface area contributed by atoms with Gasteiger partial charge in [0, 0.05) is 42.4 Å². The van der Waals surface area contributed by atoms with Crippen molar-refractivity contribution >= 4 is 17.1 Å². The summed E-state index contributed by atoms with van der Waals surface area (Å²) in [4.78, 5) is 4.73. The maximum Gasteiger partial charge on any atom is 0.0429 e. The molecule has 186 valence electrons. The fourth-order valence-corrected chi connectivity index (χ4v) is 4.25. The molecule has 0 aliphatic carbocycles. The zero-order chi connectivity index (χ0) is 25.7. The lowest BCUT2D eigenvalue weighted by Crippen LogP contribution is -2.29. The Morgan fingerprint density at radius 2 is 1.76 bits per heavy atom. The van der Waals surface area contributed by atoms with Gasteiger partial charge in [-0.3, -0.25) is 0 Å². The third-order valence-corrected chi connectivity index (χ3v) is 5.68. The molecule has 0 saturated heterocycles. The molecular weight excluding hydrogens is 414 g/mol. The number of rotatable bonds is 7. The highest BCUT2D eigenvalue weighted by Crippen LogP contribution is 2.32. The number of nitrogens with zero attached hydrogens (tertiary/aromatic N) is 2. The number of nitrogen functional groups attached to an aromatic ring is 1. The monoisotopic (exact) mass is 461 g/mol. The van der Waals surface area contributed by atoms with Crippen molar-refractivity contribution in [3.63, 3.8) is 0 Å². The molecule has 2 aromatic rings. The van der Waals surface area contributed by atoms with Gasteiger partial charge in [-0.05, 0) is 87.1 Å². The van der Waals surface area contributed by atoms with E-state index in [1.54, 1.807) is 6.08 Å². The summed E-state index contributed by atoms with van der Waals surface area (Å²) < 4.78 is 0.